The second kappa shape index (κ2) is 8.66. The van der Waals surface area contributed by atoms with Crippen molar-refractivity contribution in [1.29, 1.82) is 0 Å². The Morgan fingerprint density at radius 2 is 1.89 bits per heavy atom. The monoisotopic (exact) mass is 364 g/mol. The zero-order valence-electron chi connectivity index (χ0n) is 15.1. The molecule has 3 rings (SSSR count). The number of anilines is 3. The smallest absolute Gasteiger partial charge is 0.276 e. The molecule has 7 heteroatoms. The van der Waals surface area contributed by atoms with E-state index in [2.05, 4.69) is 20.8 Å². The molecule has 0 atom stereocenters. The minimum Gasteiger partial charge on any atom is -0.497 e. The highest BCUT2D eigenvalue weighted by molar-refractivity contribution is 6.02. The van der Waals surface area contributed by atoms with Crippen LogP contribution < -0.4 is 20.1 Å². The molecule has 0 saturated carbocycles. The molecule has 1 aromatic heterocycles. The molecule has 2 aromatic carbocycles. The van der Waals surface area contributed by atoms with Crippen LogP contribution in [0.4, 0.5) is 17.2 Å². The maximum atomic E-state index is 12.3. The quantitative estimate of drug-likeness (QED) is 0.662. The Kier molecular flexibility index (Phi) is 5.84. The molecule has 0 bridgehead atoms. The van der Waals surface area contributed by atoms with Gasteiger partial charge in [-0.25, -0.2) is 0 Å². The van der Waals surface area contributed by atoms with Gasteiger partial charge in [0.2, 0.25) is 0 Å². The fourth-order valence-corrected chi connectivity index (χ4v) is 2.41. The first kappa shape index (κ1) is 18.2. The van der Waals surface area contributed by atoms with Gasteiger partial charge in [-0.05, 0) is 43.3 Å². The molecule has 27 heavy (non-hydrogen) atoms. The minimum atomic E-state index is -0.350. The molecular weight excluding hydrogens is 344 g/mol. The molecule has 0 radical (unpaired) electrons. The van der Waals surface area contributed by atoms with Gasteiger partial charge in [-0.3, -0.25) is 4.79 Å². The molecule has 0 aliphatic heterocycles. The number of nitrogens with zero attached hydrogens (tertiary/aromatic N) is 2. The molecule has 2 N–H and O–H groups in total. The highest BCUT2D eigenvalue weighted by Crippen LogP contribution is 2.26. The van der Waals surface area contributed by atoms with Crippen molar-refractivity contribution in [3.05, 3.63) is 66.4 Å². The van der Waals surface area contributed by atoms with Crippen LogP contribution in [-0.4, -0.2) is 29.8 Å². The van der Waals surface area contributed by atoms with E-state index in [9.17, 15) is 4.79 Å². The Hall–Kier alpha value is -3.61. The van der Waals surface area contributed by atoms with Crippen molar-refractivity contribution in [3.63, 3.8) is 0 Å². The van der Waals surface area contributed by atoms with Gasteiger partial charge < -0.3 is 20.1 Å². The zero-order chi connectivity index (χ0) is 19.1. The van der Waals surface area contributed by atoms with Crippen LogP contribution in [-0.2, 0) is 0 Å². The van der Waals surface area contributed by atoms with Gasteiger partial charge in [0.05, 0.1) is 19.4 Å². The summed E-state index contributed by atoms with van der Waals surface area (Å²) < 4.78 is 10.7. The second-order valence-electron chi connectivity index (χ2n) is 5.54. The first-order valence-corrected chi connectivity index (χ1v) is 8.47. The number of hydrogen-bond acceptors (Lipinski definition) is 6. The van der Waals surface area contributed by atoms with Gasteiger partial charge in [-0.15, -0.1) is 10.2 Å². The van der Waals surface area contributed by atoms with E-state index in [1.165, 1.54) is 0 Å². The number of amides is 1. The van der Waals surface area contributed by atoms with E-state index in [0.717, 1.165) is 11.4 Å². The number of aromatic nitrogens is 2. The van der Waals surface area contributed by atoms with Crippen LogP contribution in [0.2, 0.25) is 0 Å². The fourth-order valence-electron chi connectivity index (χ4n) is 2.41. The Bertz CT molecular complexity index is 913. The van der Waals surface area contributed by atoms with Gasteiger partial charge in [-0.1, -0.05) is 18.2 Å². The van der Waals surface area contributed by atoms with E-state index in [4.69, 9.17) is 9.47 Å². The largest absolute Gasteiger partial charge is 0.497 e. The van der Waals surface area contributed by atoms with E-state index in [1.807, 2.05) is 31.2 Å². The topological polar surface area (TPSA) is 85.4 Å². The Labute approximate surface area is 157 Å². The Morgan fingerprint density at radius 1 is 1.04 bits per heavy atom. The van der Waals surface area contributed by atoms with Gasteiger partial charge in [0.1, 0.15) is 11.5 Å². The highest BCUT2D eigenvalue weighted by Gasteiger charge is 2.10. The number of benzene rings is 2. The number of methoxy groups -OCH3 is 1. The number of ether oxygens (including phenoxy) is 2. The zero-order valence-corrected chi connectivity index (χ0v) is 15.1. The molecule has 138 valence electrons. The summed E-state index contributed by atoms with van der Waals surface area (Å²) in [5, 5.41) is 14.0. The molecule has 0 saturated heterocycles. The molecule has 0 spiro atoms. The molecule has 7 nitrogen and oxygen atoms in total. The van der Waals surface area contributed by atoms with Gasteiger partial charge in [0, 0.05) is 11.8 Å². The number of rotatable bonds is 7. The lowest BCUT2D eigenvalue weighted by Gasteiger charge is -2.11. The van der Waals surface area contributed by atoms with Crippen molar-refractivity contribution in [1.82, 2.24) is 10.2 Å². The summed E-state index contributed by atoms with van der Waals surface area (Å²) in [4.78, 5) is 12.3. The van der Waals surface area contributed by atoms with Crippen LogP contribution in [0.25, 0.3) is 0 Å². The van der Waals surface area contributed by atoms with Gasteiger partial charge in [-0.2, -0.15) is 0 Å². The summed E-state index contributed by atoms with van der Waals surface area (Å²) in [5.74, 6) is 1.55. The third-order valence-electron chi connectivity index (χ3n) is 3.67. The molecular formula is C20H20N4O3. The van der Waals surface area contributed by atoms with Crippen molar-refractivity contribution in [2.45, 2.75) is 6.92 Å². The fraction of sp³-hybridized carbons (Fsp3) is 0.150. The average Bonchev–Trinajstić information content (AvgIpc) is 2.70. The van der Waals surface area contributed by atoms with Crippen molar-refractivity contribution >= 4 is 23.1 Å². The molecule has 0 unspecified atom stereocenters. The van der Waals surface area contributed by atoms with E-state index in [1.54, 1.807) is 43.5 Å². The summed E-state index contributed by atoms with van der Waals surface area (Å²) in [5.41, 5.74) is 1.61. The molecule has 0 fully saturated rings. The predicted molar refractivity (Wildman–Crippen MR) is 104 cm³/mol. The summed E-state index contributed by atoms with van der Waals surface area (Å²) in [6.07, 6.45) is 0. The van der Waals surface area contributed by atoms with Gasteiger partial charge >= 0.3 is 0 Å². The summed E-state index contributed by atoms with van der Waals surface area (Å²) in [6, 6.07) is 17.9. The number of nitrogens with one attached hydrogen (secondary N) is 2. The third-order valence-corrected chi connectivity index (χ3v) is 3.67. The van der Waals surface area contributed by atoms with Crippen LogP contribution >= 0.6 is 0 Å². The lowest BCUT2D eigenvalue weighted by molar-refractivity contribution is 0.102. The van der Waals surface area contributed by atoms with Crippen molar-refractivity contribution in [2.75, 3.05) is 24.4 Å². The van der Waals surface area contributed by atoms with E-state index >= 15 is 0 Å². The van der Waals surface area contributed by atoms with Crippen molar-refractivity contribution in [3.8, 4) is 11.5 Å². The third kappa shape index (κ3) is 4.72. The number of carbonyl (C=O) groups excluding carboxylic acids is 1. The van der Waals surface area contributed by atoms with Crippen molar-refractivity contribution < 1.29 is 14.3 Å². The molecule has 1 amide bonds. The average molecular weight is 364 g/mol. The summed E-state index contributed by atoms with van der Waals surface area (Å²) in [7, 11) is 1.57. The molecule has 0 aliphatic carbocycles. The minimum absolute atomic E-state index is 0.210. The van der Waals surface area contributed by atoms with Crippen LogP contribution in [0, 0.1) is 0 Å². The van der Waals surface area contributed by atoms with E-state index in [-0.39, 0.29) is 11.6 Å². The van der Waals surface area contributed by atoms with E-state index in [0.29, 0.717) is 23.9 Å². The van der Waals surface area contributed by atoms with Gasteiger partial charge in [0.15, 0.2) is 11.5 Å². The number of carbonyl (C=O) groups is 1. The standard InChI is InChI=1S/C20H20N4O3/c1-3-27-18-10-5-4-9-16(18)22-19-12-11-17(23-24-19)20(25)21-14-7-6-8-15(13-14)26-2/h4-13H,3H2,1-2H3,(H,21,25)(H,22,24). The Morgan fingerprint density at radius 3 is 2.63 bits per heavy atom. The number of hydrogen-bond donors (Lipinski definition) is 2. The van der Waals surface area contributed by atoms with Crippen LogP contribution in [0.1, 0.15) is 17.4 Å². The lowest BCUT2D eigenvalue weighted by atomic mass is 10.2. The maximum Gasteiger partial charge on any atom is 0.276 e. The highest BCUT2D eigenvalue weighted by atomic mass is 16.5. The molecule has 0 aliphatic rings. The Balaban J connectivity index is 1.69. The van der Waals surface area contributed by atoms with Crippen LogP contribution in [0.3, 0.4) is 0 Å². The van der Waals surface area contributed by atoms with E-state index < -0.39 is 0 Å². The maximum absolute atomic E-state index is 12.3. The molecule has 3 aromatic rings. The normalized spacial score (nSPS) is 10.1. The summed E-state index contributed by atoms with van der Waals surface area (Å²) in [6.45, 7) is 2.49. The van der Waals surface area contributed by atoms with Crippen LogP contribution in [0.5, 0.6) is 11.5 Å². The first-order chi connectivity index (χ1) is 13.2. The predicted octanol–water partition coefficient (Wildman–Crippen LogP) is 3.88. The lowest BCUT2D eigenvalue weighted by Crippen LogP contribution is -2.14. The van der Waals surface area contributed by atoms with Crippen molar-refractivity contribution in [2.24, 2.45) is 0 Å². The first-order valence-electron chi connectivity index (χ1n) is 8.47. The number of para-hydroxylation sites is 2. The van der Waals surface area contributed by atoms with Gasteiger partial charge in [0.25, 0.3) is 5.91 Å². The second-order valence-corrected chi connectivity index (χ2v) is 5.54. The van der Waals surface area contributed by atoms with Crippen LogP contribution in [0.15, 0.2) is 60.7 Å². The SMILES string of the molecule is CCOc1ccccc1Nc1ccc(C(=O)Nc2cccc(OC)c2)nn1. The summed E-state index contributed by atoms with van der Waals surface area (Å²) >= 11 is 0. The molecule has 1 heterocycles.